The number of aryl methyl sites for hydroxylation is 1. The van der Waals surface area contributed by atoms with Gasteiger partial charge in [0.2, 0.25) is 0 Å². The van der Waals surface area contributed by atoms with Crippen molar-refractivity contribution in [2.75, 3.05) is 5.73 Å². The molecule has 0 saturated heterocycles. The summed E-state index contributed by atoms with van der Waals surface area (Å²) in [6.45, 7) is 2.47. The number of rotatable bonds is 3. The van der Waals surface area contributed by atoms with Gasteiger partial charge < -0.3 is 11.1 Å². The lowest BCUT2D eigenvalue weighted by Crippen LogP contribution is -2.24. The Labute approximate surface area is 105 Å². The van der Waals surface area contributed by atoms with Crippen molar-refractivity contribution >= 4 is 11.7 Å². The van der Waals surface area contributed by atoms with Crippen LogP contribution in [0.15, 0.2) is 36.4 Å². The van der Waals surface area contributed by atoms with Crippen molar-refractivity contribution in [3.8, 4) is 0 Å². The molecule has 0 radical (unpaired) electrons. The van der Waals surface area contributed by atoms with Crippen LogP contribution in [0.5, 0.6) is 0 Å². The van der Waals surface area contributed by atoms with Crippen molar-refractivity contribution in [2.24, 2.45) is 0 Å². The third-order valence-corrected chi connectivity index (χ3v) is 2.62. The molecule has 3 N–H and O–H groups in total. The number of carbonyl (C=O) groups excluding carboxylic acids is 1. The van der Waals surface area contributed by atoms with E-state index in [-0.39, 0.29) is 11.6 Å². The summed E-state index contributed by atoms with van der Waals surface area (Å²) in [5.41, 5.74) is 7.89. The van der Waals surface area contributed by atoms with Crippen molar-refractivity contribution in [1.82, 2.24) is 15.5 Å². The molecule has 0 atom stereocenters. The number of amides is 1. The first-order valence-electron chi connectivity index (χ1n) is 5.59. The summed E-state index contributed by atoms with van der Waals surface area (Å²) in [5.74, 6) is 0.0382. The second-order valence-electron chi connectivity index (χ2n) is 3.95. The van der Waals surface area contributed by atoms with Gasteiger partial charge in [0.15, 0.2) is 5.69 Å². The van der Waals surface area contributed by atoms with E-state index in [1.54, 1.807) is 12.1 Å². The van der Waals surface area contributed by atoms with Gasteiger partial charge in [-0.15, -0.1) is 10.2 Å². The summed E-state index contributed by atoms with van der Waals surface area (Å²) in [6.07, 6.45) is 0. The Morgan fingerprint density at radius 3 is 2.67 bits per heavy atom. The summed E-state index contributed by atoms with van der Waals surface area (Å²) in [7, 11) is 0. The van der Waals surface area contributed by atoms with Gasteiger partial charge in [-0.1, -0.05) is 24.3 Å². The maximum Gasteiger partial charge on any atom is 0.272 e. The minimum Gasteiger partial charge on any atom is -0.382 e. The smallest absolute Gasteiger partial charge is 0.272 e. The molecule has 0 bridgehead atoms. The molecule has 0 saturated carbocycles. The molecule has 1 heterocycles. The Hall–Kier alpha value is -2.43. The fourth-order valence-corrected chi connectivity index (χ4v) is 1.54. The summed E-state index contributed by atoms with van der Waals surface area (Å²) in [6, 6.07) is 11.0. The molecule has 5 heteroatoms. The molecule has 1 aromatic heterocycles. The molecule has 0 aliphatic rings. The second-order valence-corrected chi connectivity index (χ2v) is 3.95. The van der Waals surface area contributed by atoms with Gasteiger partial charge in [-0.3, -0.25) is 4.79 Å². The molecule has 2 aromatic rings. The van der Waals surface area contributed by atoms with Crippen LogP contribution in [-0.4, -0.2) is 16.1 Å². The summed E-state index contributed by atoms with van der Waals surface area (Å²) in [5, 5.41) is 10.2. The van der Waals surface area contributed by atoms with E-state index in [1.165, 1.54) is 0 Å². The molecular formula is C13H14N4O. The molecule has 0 aliphatic carbocycles. The zero-order valence-electron chi connectivity index (χ0n) is 10.1. The van der Waals surface area contributed by atoms with Gasteiger partial charge in [0.1, 0.15) is 5.82 Å². The highest BCUT2D eigenvalue weighted by Crippen LogP contribution is 2.06. The van der Waals surface area contributed by atoms with Crippen molar-refractivity contribution in [3.05, 3.63) is 53.2 Å². The molecule has 0 fully saturated rings. The quantitative estimate of drug-likeness (QED) is 0.850. The van der Waals surface area contributed by atoms with Crippen molar-refractivity contribution in [3.63, 3.8) is 0 Å². The van der Waals surface area contributed by atoms with Crippen LogP contribution >= 0.6 is 0 Å². The SMILES string of the molecule is Cc1ccccc1CNC(=O)c1ccc(N)nn1. The summed E-state index contributed by atoms with van der Waals surface area (Å²) < 4.78 is 0. The number of hydrogen-bond donors (Lipinski definition) is 2. The fraction of sp³-hybridized carbons (Fsp3) is 0.154. The van der Waals surface area contributed by atoms with E-state index in [0.29, 0.717) is 12.4 Å². The van der Waals surface area contributed by atoms with Crippen molar-refractivity contribution < 1.29 is 4.79 Å². The first-order chi connectivity index (χ1) is 8.66. The van der Waals surface area contributed by atoms with E-state index >= 15 is 0 Å². The standard InChI is InChI=1S/C13H14N4O/c1-9-4-2-3-5-10(9)8-15-13(18)11-6-7-12(14)17-16-11/h2-7H,8H2,1H3,(H2,14,17)(H,15,18). The Balaban J connectivity index is 2.01. The predicted octanol–water partition coefficient (Wildman–Crippen LogP) is 1.30. The van der Waals surface area contributed by atoms with Crippen LogP contribution < -0.4 is 11.1 Å². The van der Waals surface area contributed by atoms with Crippen LogP contribution in [0.1, 0.15) is 21.6 Å². The van der Waals surface area contributed by atoms with Crippen LogP contribution in [0, 0.1) is 6.92 Å². The van der Waals surface area contributed by atoms with Crippen LogP contribution in [0.25, 0.3) is 0 Å². The van der Waals surface area contributed by atoms with E-state index in [1.807, 2.05) is 31.2 Å². The Kier molecular flexibility index (Phi) is 3.52. The minimum atomic E-state index is -0.259. The lowest BCUT2D eigenvalue weighted by atomic mass is 10.1. The monoisotopic (exact) mass is 242 g/mol. The molecule has 0 spiro atoms. The molecular weight excluding hydrogens is 228 g/mol. The van der Waals surface area contributed by atoms with Crippen LogP contribution in [0.4, 0.5) is 5.82 Å². The van der Waals surface area contributed by atoms with E-state index in [0.717, 1.165) is 11.1 Å². The highest BCUT2D eigenvalue weighted by molar-refractivity contribution is 5.92. The largest absolute Gasteiger partial charge is 0.382 e. The number of nitrogen functional groups attached to an aromatic ring is 1. The number of nitrogens with one attached hydrogen (secondary N) is 1. The third kappa shape index (κ3) is 2.82. The molecule has 18 heavy (non-hydrogen) atoms. The first-order valence-corrected chi connectivity index (χ1v) is 5.59. The number of benzene rings is 1. The molecule has 1 aromatic carbocycles. The Bertz CT molecular complexity index is 551. The van der Waals surface area contributed by atoms with Gasteiger partial charge in [0.25, 0.3) is 5.91 Å². The number of carbonyl (C=O) groups is 1. The van der Waals surface area contributed by atoms with E-state index in [2.05, 4.69) is 15.5 Å². The maximum atomic E-state index is 11.8. The maximum absolute atomic E-state index is 11.8. The highest BCUT2D eigenvalue weighted by Gasteiger charge is 2.07. The lowest BCUT2D eigenvalue weighted by Gasteiger charge is -2.07. The number of nitrogens with two attached hydrogens (primary N) is 1. The van der Waals surface area contributed by atoms with Gasteiger partial charge in [-0.05, 0) is 30.2 Å². The number of aromatic nitrogens is 2. The van der Waals surface area contributed by atoms with Crippen LogP contribution in [0.2, 0.25) is 0 Å². The minimum absolute atomic E-state index is 0.259. The number of anilines is 1. The molecule has 0 unspecified atom stereocenters. The molecule has 92 valence electrons. The van der Waals surface area contributed by atoms with Gasteiger partial charge in [0.05, 0.1) is 0 Å². The Morgan fingerprint density at radius 1 is 1.22 bits per heavy atom. The van der Waals surface area contributed by atoms with Crippen LogP contribution in [0.3, 0.4) is 0 Å². The number of nitrogens with zero attached hydrogens (tertiary/aromatic N) is 2. The summed E-state index contributed by atoms with van der Waals surface area (Å²) in [4.78, 5) is 11.8. The molecule has 0 aliphatic heterocycles. The lowest BCUT2D eigenvalue weighted by molar-refractivity contribution is 0.0945. The highest BCUT2D eigenvalue weighted by atomic mass is 16.1. The predicted molar refractivity (Wildman–Crippen MR) is 68.8 cm³/mol. The van der Waals surface area contributed by atoms with E-state index in [4.69, 9.17) is 5.73 Å². The van der Waals surface area contributed by atoms with Crippen molar-refractivity contribution in [1.29, 1.82) is 0 Å². The van der Waals surface area contributed by atoms with Gasteiger partial charge >= 0.3 is 0 Å². The molecule has 2 rings (SSSR count). The zero-order chi connectivity index (χ0) is 13.0. The number of hydrogen-bond acceptors (Lipinski definition) is 4. The van der Waals surface area contributed by atoms with E-state index in [9.17, 15) is 4.79 Å². The van der Waals surface area contributed by atoms with Gasteiger partial charge in [-0.2, -0.15) is 0 Å². The second kappa shape index (κ2) is 5.27. The zero-order valence-corrected chi connectivity index (χ0v) is 10.1. The normalized spacial score (nSPS) is 10.1. The topological polar surface area (TPSA) is 80.9 Å². The first kappa shape index (κ1) is 12.0. The van der Waals surface area contributed by atoms with E-state index < -0.39 is 0 Å². The van der Waals surface area contributed by atoms with Gasteiger partial charge in [-0.25, -0.2) is 0 Å². The fourth-order valence-electron chi connectivity index (χ4n) is 1.54. The average Bonchev–Trinajstić information content (AvgIpc) is 2.38. The molecule has 5 nitrogen and oxygen atoms in total. The van der Waals surface area contributed by atoms with Crippen LogP contribution in [-0.2, 0) is 6.54 Å². The summed E-state index contributed by atoms with van der Waals surface area (Å²) >= 11 is 0. The molecule has 1 amide bonds. The van der Waals surface area contributed by atoms with Crippen molar-refractivity contribution in [2.45, 2.75) is 13.5 Å². The third-order valence-electron chi connectivity index (χ3n) is 2.62. The average molecular weight is 242 g/mol. The van der Waals surface area contributed by atoms with Gasteiger partial charge in [0, 0.05) is 6.54 Å². The Morgan fingerprint density at radius 2 is 2.00 bits per heavy atom.